The van der Waals surface area contributed by atoms with Gasteiger partial charge in [-0.2, -0.15) is 57.1 Å². The molecule has 1 rings (SSSR count). The van der Waals surface area contributed by atoms with E-state index in [1.54, 1.807) is 4.74 Å². The van der Waals surface area contributed by atoms with E-state index in [0.717, 1.165) is 0 Å². The van der Waals surface area contributed by atoms with Crippen LogP contribution in [0.15, 0.2) is 0 Å². The van der Waals surface area contributed by atoms with E-state index in [1.165, 1.54) is 0 Å². The van der Waals surface area contributed by atoms with E-state index in [1.807, 2.05) is 0 Å². The lowest BCUT2D eigenvalue weighted by Gasteiger charge is -2.51. The molecule has 0 saturated carbocycles. The summed E-state index contributed by atoms with van der Waals surface area (Å²) in [7, 11) is 0. The molecule has 0 aromatic rings. The number of alkyl halides is 14. The first-order valence-corrected chi connectivity index (χ1v) is 5.40. The Hall–Kier alpha value is -1.63. The number of ether oxygens (including phenoxy) is 1. The minimum atomic E-state index is -7.89. The van der Waals surface area contributed by atoms with Crippen LogP contribution in [-0.2, 0) is 9.53 Å². The van der Waals surface area contributed by atoms with Crippen molar-refractivity contribution in [1.82, 2.24) is 11.1 Å². The van der Waals surface area contributed by atoms with E-state index in [9.17, 15) is 66.3 Å². The third-order valence-corrected chi connectivity index (χ3v) is 2.90. The van der Waals surface area contributed by atoms with Crippen LogP contribution in [0.5, 0.6) is 0 Å². The molecular formula is C8H4F14N2O3. The molecule has 1 atom stereocenters. The highest BCUT2D eigenvalue weighted by Crippen LogP contribution is 2.62. The number of aliphatic carboxylic acids is 1. The topological polar surface area (TPSA) is 84.8 Å². The summed E-state index contributed by atoms with van der Waals surface area (Å²) in [4.78, 5) is 6.04. The molecule has 0 aromatic heterocycles. The second-order valence-electron chi connectivity index (χ2n) is 4.56. The lowest BCUT2D eigenvalue weighted by molar-refractivity contribution is -0.592. The normalized spacial score (nSPS) is 26.6. The zero-order valence-corrected chi connectivity index (χ0v) is 11.7. The molecule has 0 radical (unpaired) electrons. The van der Waals surface area contributed by atoms with Gasteiger partial charge in [-0.25, -0.2) is 13.9 Å². The highest BCUT2D eigenvalue weighted by atomic mass is 19.4. The van der Waals surface area contributed by atoms with Gasteiger partial charge in [0.25, 0.3) is 0 Å². The standard InChI is InChI=1S/C8HF14NO3.H3N/c9-2(1(24)25,3(10,11)12)4(13,14)23-5(15,16)7(19,20)26-8(21,22)6(23,17)18;/h(H,24,25);1H3. The predicted octanol–water partition coefficient (Wildman–Crippen LogP) is 3.80. The molecule has 5 nitrogen and oxygen atoms in total. The van der Waals surface area contributed by atoms with Crippen LogP contribution >= 0.6 is 0 Å². The van der Waals surface area contributed by atoms with Gasteiger partial charge in [0.05, 0.1) is 0 Å². The first kappa shape index (κ1) is 25.4. The quantitative estimate of drug-likeness (QED) is 0.514. The first-order valence-electron chi connectivity index (χ1n) is 5.40. The smallest absolute Gasteiger partial charge is 0.441 e. The lowest BCUT2D eigenvalue weighted by atomic mass is 10.00. The van der Waals surface area contributed by atoms with Crippen LogP contribution in [0, 0.1) is 0 Å². The van der Waals surface area contributed by atoms with Gasteiger partial charge in [-0.3, -0.25) is 0 Å². The molecule has 4 N–H and O–H groups in total. The number of nitrogens with zero attached hydrogens (tertiary/aromatic N) is 1. The van der Waals surface area contributed by atoms with Crippen LogP contribution in [0.1, 0.15) is 0 Å². The average molecular weight is 442 g/mol. The fourth-order valence-corrected chi connectivity index (χ4v) is 1.65. The summed E-state index contributed by atoms with van der Waals surface area (Å²) in [5.74, 6) is -4.46. The van der Waals surface area contributed by atoms with Crippen molar-refractivity contribution < 1.29 is 76.1 Å². The molecule has 1 fully saturated rings. The van der Waals surface area contributed by atoms with Gasteiger partial charge in [-0.05, 0) is 0 Å². The molecule has 19 heteroatoms. The van der Waals surface area contributed by atoms with Gasteiger partial charge in [0.2, 0.25) is 0 Å². The van der Waals surface area contributed by atoms with Crippen molar-refractivity contribution in [3.05, 3.63) is 0 Å². The molecular weight excluding hydrogens is 438 g/mol. The lowest BCUT2D eigenvalue weighted by Crippen LogP contribution is -2.82. The van der Waals surface area contributed by atoms with E-state index >= 15 is 0 Å². The molecule has 0 spiro atoms. The SMILES string of the molecule is N.O=C(O)C(F)(C(F)(F)F)C(F)(F)N1C(F)(F)C(F)(F)OC(F)(F)C1(F)F. The van der Waals surface area contributed by atoms with Crippen molar-refractivity contribution in [2.75, 3.05) is 0 Å². The molecule has 0 aliphatic carbocycles. The van der Waals surface area contributed by atoms with Crippen LogP contribution in [-0.4, -0.2) is 58.2 Å². The van der Waals surface area contributed by atoms with Gasteiger partial charge in [0.1, 0.15) is 0 Å². The van der Waals surface area contributed by atoms with Gasteiger partial charge in [0, 0.05) is 0 Å². The second kappa shape index (κ2) is 5.93. The average Bonchev–Trinajstić information content (AvgIpc) is 2.31. The third-order valence-electron chi connectivity index (χ3n) is 2.90. The zero-order chi connectivity index (χ0) is 21.4. The van der Waals surface area contributed by atoms with E-state index < -0.39 is 53.1 Å². The molecule has 1 heterocycles. The van der Waals surface area contributed by atoms with Crippen molar-refractivity contribution in [1.29, 1.82) is 0 Å². The minimum absolute atomic E-state index is 0. The molecule has 0 amide bonds. The maximum absolute atomic E-state index is 13.6. The number of halogens is 14. The minimum Gasteiger partial charge on any atom is -0.478 e. The van der Waals surface area contributed by atoms with Gasteiger partial charge >= 0.3 is 48.2 Å². The number of hydrogen-bond donors (Lipinski definition) is 2. The Morgan fingerprint density at radius 3 is 1.30 bits per heavy atom. The molecule has 27 heavy (non-hydrogen) atoms. The summed E-state index contributed by atoms with van der Waals surface area (Å²) in [6, 6.07) is -22.7. The molecule has 0 aromatic carbocycles. The van der Waals surface area contributed by atoms with Crippen molar-refractivity contribution in [3.63, 3.8) is 0 Å². The summed E-state index contributed by atoms with van der Waals surface area (Å²) in [6.07, 6.45) is -21.5. The van der Waals surface area contributed by atoms with Gasteiger partial charge in [0.15, 0.2) is 0 Å². The molecule has 0 bridgehead atoms. The number of carbonyl (C=O) groups is 1. The van der Waals surface area contributed by atoms with Crippen LogP contribution < -0.4 is 6.15 Å². The Balaban J connectivity index is 0.00000676. The summed E-state index contributed by atoms with van der Waals surface area (Å²) in [6.45, 7) is 0. The predicted molar refractivity (Wildman–Crippen MR) is 50.2 cm³/mol. The van der Waals surface area contributed by atoms with Gasteiger partial charge in [-0.1, -0.05) is 0 Å². The number of carboxylic acids is 1. The molecule has 1 unspecified atom stereocenters. The maximum atomic E-state index is 13.6. The third kappa shape index (κ3) is 2.94. The van der Waals surface area contributed by atoms with Crippen LogP contribution in [0.3, 0.4) is 0 Å². The van der Waals surface area contributed by atoms with Gasteiger partial charge < -0.3 is 11.3 Å². The van der Waals surface area contributed by atoms with Crippen molar-refractivity contribution >= 4 is 5.97 Å². The van der Waals surface area contributed by atoms with E-state index in [2.05, 4.69) is 0 Å². The number of hydrogen-bond acceptors (Lipinski definition) is 4. The molecule has 1 aliphatic rings. The number of morpholine rings is 1. The van der Waals surface area contributed by atoms with Crippen molar-refractivity contribution in [2.45, 2.75) is 42.2 Å². The van der Waals surface area contributed by atoms with E-state index in [4.69, 9.17) is 5.11 Å². The summed E-state index contributed by atoms with van der Waals surface area (Å²) < 4.78 is 183. The monoisotopic (exact) mass is 442 g/mol. The fourth-order valence-electron chi connectivity index (χ4n) is 1.65. The fraction of sp³-hybridized carbons (Fsp3) is 0.875. The molecule has 1 saturated heterocycles. The summed E-state index contributed by atoms with van der Waals surface area (Å²) >= 11 is 0. The highest BCUT2D eigenvalue weighted by Gasteiger charge is 2.93. The van der Waals surface area contributed by atoms with Crippen LogP contribution in [0.4, 0.5) is 61.5 Å². The Morgan fingerprint density at radius 1 is 0.778 bits per heavy atom. The Labute approximate surface area is 137 Å². The van der Waals surface area contributed by atoms with Crippen LogP contribution in [0.2, 0.25) is 0 Å². The number of rotatable bonds is 3. The van der Waals surface area contributed by atoms with E-state index in [0.29, 0.717) is 0 Å². The Morgan fingerprint density at radius 2 is 1.07 bits per heavy atom. The maximum Gasteiger partial charge on any atom is 0.441 e. The molecule has 162 valence electrons. The van der Waals surface area contributed by atoms with Crippen molar-refractivity contribution in [3.8, 4) is 0 Å². The van der Waals surface area contributed by atoms with Gasteiger partial charge in [-0.15, -0.1) is 4.90 Å². The first-order chi connectivity index (χ1) is 11.0. The van der Waals surface area contributed by atoms with E-state index in [-0.39, 0.29) is 6.15 Å². The zero-order valence-electron chi connectivity index (χ0n) is 11.7. The summed E-state index contributed by atoms with van der Waals surface area (Å²) in [5.41, 5.74) is -7.43. The molecule has 1 aliphatic heterocycles. The Kier molecular flexibility index (Phi) is 5.57. The second-order valence-corrected chi connectivity index (χ2v) is 4.56. The summed E-state index contributed by atoms with van der Waals surface area (Å²) in [5, 5.41) is 7.94. The largest absolute Gasteiger partial charge is 0.478 e. The van der Waals surface area contributed by atoms with Crippen LogP contribution in [0.25, 0.3) is 0 Å². The Bertz CT molecular complexity index is 578. The highest BCUT2D eigenvalue weighted by molar-refractivity contribution is 5.80. The van der Waals surface area contributed by atoms with Crippen molar-refractivity contribution in [2.24, 2.45) is 0 Å². The number of carboxylic acid groups (broad SMARTS) is 1.